The largest absolute Gasteiger partial charge is 0.494 e. The quantitative estimate of drug-likeness (QED) is 0.772. The van der Waals surface area contributed by atoms with Gasteiger partial charge in [0.25, 0.3) is 0 Å². The van der Waals surface area contributed by atoms with Crippen LogP contribution in [0.1, 0.15) is 19.8 Å². The van der Waals surface area contributed by atoms with Gasteiger partial charge in [0.1, 0.15) is 0 Å². The Bertz CT molecular complexity index is 461. The van der Waals surface area contributed by atoms with Gasteiger partial charge in [-0.25, -0.2) is 0 Å². The molecule has 6 nitrogen and oxygen atoms in total. The molecule has 120 valence electrons. The minimum atomic E-state index is -1.47. The molecular weight excluding hydrogens is 274 g/mol. The van der Waals surface area contributed by atoms with Gasteiger partial charge in [0.2, 0.25) is 11.5 Å². The van der Waals surface area contributed by atoms with Gasteiger partial charge in [0, 0.05) is 13.2 Å². The minimum Gasteiger partial charge on any atom is -0.494 e. The van der Waals surface area contributed by atoms with Gasteiger partial charge in [0.15, 0.2) is 11.4 Å². The maximum atomic E-state index is 12.9. The summed E-state index contributed by atoms with van der Waals surface area (Å²) in [6, 6.07) is 0. The van der Waals surface area contributed by atoms with Crippen LogP contribution in [-0.2, 0) is 19.0 Å². The molecular formula is C15H25NO5. The van der Waals surface area contributed by atoms with E-state index in [2.05, 4.69) is 0 Å². The Morgan fingerprint density at radius 3 is 2.48 bits per heavy atom. The van der Waals surface area contributed by atoms with E-state index in [0.29, 0.717) is 26.0 Å². The molecule has 0 aromatic carbocycles. The van der Waals surface area contributed by atoms with Crippen molar-refractivity contribution in [2.24, 2.45) is 5.41 Å². The lowest BCUT2D eigenvalue weighted by molar-refractivity contribution is -0.153. The first-order valence-corrected chi connectivity index (χ1v) is 7.25. The van der Waals surface area contributed by atoms with Crippen LogP contribution in [0.4, 0.5) is 0 Å². The van der Waals surface area contributed by atoms with E-state index in [0.717, 1.165) is 0 Å². The number of methoxy groups -OCH3 is 2. The summed E-state index contributed by atoms with van der Waals surface area (Å²) in [5.41, 5.74) is -2.43. The number of rotatable bonds is 6. The van der Waals surface area contributed by atoms with Crippen LogP contribution in [0.3, 0.4) is 0 Å². The van der Waals surface area contributed by atoms with Gasteiger partial charge in [0.05, 0.1) is 25.7 Å². The van der Waals surface area contributed by atoms with Crippen LogP contribution in [0.25, 0.3) is 0 Å². The van der Waals surface area contributed by atoms with Crippen LogP contribution in [0.5, 0.6) is 0 Å². The summed E-state index contributed by atoms with van der Waals surface area (Å²) in [5, 5.41) is 11.4. The third-order valence-corrected chi connectivity index (χ3v) is 4.58. The van der Waals surface area contributed by atoms with E-state index in [1.165, 1.54) is 14.2 Å². The van der Waals surface area contributed by atoms with Crippen molar-refractivity contribution in [1.82, 2.24) is 4.90 Å². The average Bonchev–Trinajstić information content (AvgIpc) is 2.79. The monoisotopic (exact) mass is 299 g/mol. The molecule has 3 atom stereocenters. The standard InChI is InChI=1S/C15H25NO5/c1-6-21-10-7-8-14(9-16(2)3)12(17)11(19-4)13(20-5)15(10,14)18/h10,18H,6-9H2,1-5H3/t10-,14+,15-/m1/s1. The van der Waals surface area contributed by atoms with Crippen molar-refractivity contribution in [3.05, 3.63) is 11.5 Å². The smallest absolute Gasteiger partial charge is 0.211 e. The van der Waals surface area contributed by atoms with Gasteiger partial charge < -0.3 is 24.2 Å². The third kappa shape index (κ3) is 2.00. The van der Waals surface area contributed by atoms with Crippen molar-refractivity contribution < 1.29 is 24.1 Å². The first-order valence-electron chi connectivity index (χ1n) is 7.25. The zero-order valence-electron chi connectivity index (χ0n) is 13.4. The zero-order chi connectivity index (χ0) is 15.8. The van der Waals surface area contributed by atoms with Gasteiger partial charge in [-0.2, -0.15) is 0 Å². The van der Waals surface area contributed by atoms with E-state index in [-0.39, 0.29) is 17.3 Å². The molecule has 0 bridgehead atoms. The van der Waals surface area contributed by atoms with E-state index in [1.807, 2.05) is 25.9 Å². The number of aliphatic hydroxyl groups is 1. The highest BCUT2D eigenvalue weighted by Gasteiger charge is 2.72. The van der Waals surface area contributed by atoms with E-state index in [4.69, 9.17) is 14.2 Å². The molecule has 1 fully saturated rings. The molecule has 6 heteroatoms. The average molecular weight is 299 g/mol. The van der Waals surface area contributed by atoms with Crippen molar-refractivity contribution in [1.29, 1.82) is 0 Å². The predicted molar refractivity (Wildman–Crippen MR) is 76.6 cm³/mol. The number of ketones is 1. The van der Waals surface area contributed by atoms with Crippen LogP contribution in [0.15, 0.2) is 11.5 Å². The van der Waals surface area contributed by atoms with Gasteiger partial charge >= 0.3 is 0 Å². The summed E-state index contributed by atoms with van der Waals surface area (Å²) in [5.74, 6) is 0.124. The number of ether oxygens (including phenoxy) is 3. The SMILES string of the molecule is CCO[C@@H]1CC[C@]2(CN(C)C)C(=O)C(OC)=C(OC)[C@]12O. The van der Waals surface area contributed by atoms with Crippen LogP contribution in [0.2, 0.25) is 0 Å². The van der Waals surface area contributed by atoms with E-state index >= 15 is 0 Å². The summed E-state index contributed by atoms with van der Waals surface area (Å²) in [4.78, 5) is 14.8. The summed E-state index contributed by atoms with van der Waals surface area (Å²) in [6.07, 6.45) is 0.701. The second-order valence-corrected chi connectivity index (χ2v) is 5.96. The highest BCUT2D eigenvalue weighted by molar-refractivity contribution is 6.04. The predicted octanol–water partition coefficient (Wildman–Crippen LogP) is 0.551. The Kier molecular flexibility index (Phi) is 4.33. The summed E-state index contributed by atoms with van der Waals surface area (Å²) >= 11 is 0. The molecule has 0 aliphatic heterocycles. The van der Waals surface area contributed by atoms with E-state index < -0.39 is 17.1 Å². The molecule has 0 aromatic rings. The van der Waals surface area contributed by atoms with Crippen molar-refractivity contribution in [2.75, 3.05) is 41.5 Å². The molecule has 0 heterocycles. The third-order valence-electron chi connectivity index (χ3n) is 4.58. The topological polar surface area (TPSA) is 68.2 Å². The lowest BCUT2D eigenvalue weighted by atomic mass is 9.73. The van der Waals surface area contributed by atoms with Crippen LogP contribution >= 0.6 is 0 Å². The molecule has 1 N–H and O–H groups in total. The lowest BCUT2D eigenvalue weighted by Crippen LogP contribution is -2.56. The van der Waals surface area contributed by atoms with Crippen molar-refractivity contribution in [3.63, 3.8) is 0 Å². The van der Waals surface area contributed by atoms with Gasteiger partial charge in [-0.1, -0.05) is 0 Å². The molecule has 0 radical (unpaired) electrons. The molecule has 2 rings (SSSR count). The Labute approximate surface area is 125 Å². The molecule has 0 saturated heterocycles. The molecule has 1 saturated carbocycles. The number of Topliss-reactive ketones (excluding diaryl/α,β-unsaturated/α-hetero) is 1. The number of carbonyl (C=O) groups excluding carboxylic acids is 1. The highest BCUT2D eigenvalue weighted by Crippen LogP contribution is 2.58. The van der Waals surface area contributed by atoms with Gasteiger partial charge in [-0.3, -0.25) is 4.79 Å². The molecule has 0 spiro atoms. The summed E-state index contributed by atoms with van der Waals surface area (Å²) < 4.78 is 16.3. The Morgan fingerprint density at radius 2 is 2.00 bits per heavy atom. The number of carbonyl (C=O) groups is 1. The number of nitrogens with zero attached hydrogens (tertiary/aromatic N) is 1. The number of hydrogen-bond donors (Lipinski definition) is 1. The maximum Gasteiger partial charge on any atom is 0.211 e. The van der Waals surface area contributed by atoms with Crippen LogP contribution in [-0.4, -0.2) is 69.0 Å². The fraction of sp³-hybridized carbons (Fsp3) is 0.800. The second-order valence-electron chi connectivity index (χ2n) is 5.96. The fourth-order valence-corrected chi connectivity index (χ4v) is 3.88. The van der Waals surface area contributed by atoms with Crippen LogP contribution in [0, 0.1) is 5.41 Å². The molecule has 2 aliphatic rings. The molecule has 21 heavy (non-hydrogen) atoms. The number of allylic oxidation sites excluding steroid dienone is 1. The van der Waals surface area contributed by atoms with Crippen molar-refractivity contribution in [3.8, 4) is 0 Å². The van der Waals surface area contributed by atoms with Gasteiger partial charge in [-0.05, 0) is 33.9 Å². The molecule has 0 aromatic heterocycles. The fourth-order valence-electron chi connectivity index (χ4n) is 3.88. The van der Waals surface area contributed by atoms with E-state index in [1.54, 1.807) is 0 Å². The number of hydrogen-bond acceptors (Lipinski definition) is 6. The summed E-state index contributed by atoms with van der Waals surface area (Å²) in [7, 11) is 6.64. The van der Waals surface area contributed by atoms with Crippen molar-refractivity contribution in [2.45, 2.75) is 31.5 Å². The summed E-state index contributed by atoms with van der Waals surface area (Å²) in [6.45, 7) is 2.77. The van der Waals surface area contributed by atoms with Crippen molar-refractivity contribution >= 4 is 5.78 Å². The molecule has 2 aliphatic carbocycles. The minimum absolute atomic E-state index is 0.117. The van der Waals surface area contributed by atoms with Crippen LogP contribution < -0.4 is 0 Å². The Morgan fingerprint density at radius 1 is 1.33 bits per heavy atom. The normalized spacial score (nSPS) is 35.6. The van der Waals surface area contributed by atoms with Gasteiger partial charge in [-0.15, -0.1) is 0 Å². The Balaban J connectivity index is 2.57. The highest BCUT2D eigenvalue weighted by atomic mass is 16.5. The Hall–Kier alpha value is -1.11. The first-order chi connectivity index (χ1) is 9.88. The van der Waals surface area contributed by atoms with E-state index in [9.17, 15) is 9.90 Å². The molecule has 0 amide bonds. The second kappa shape index (κ2) is 5.59. The lowest BCUT2D eigenvalue weighted by Gasteiger charge is -2.39. The molecule has 0 unspecified atom stereocenters. The zero-order valence-corrected chi connectivity index (χ0v) is 13.4. The number of fused-ring (bicyclic) bond motifs is 1. The maximum absolute atomic E-state index is 12.9. The first kappa shape index (κ1) is 16.3.